The number of carbonyl (C=O) groups is 3. The molecule has 4 rings (SSSR count). The van der Waals surface area contributed by atoms with E-state index in [1.807, 2.05) is 17.0 Å². The molecule has 3 atom stereocenters. The van der Waals surface area contributed by atoms with E-state index in [9.17, 15) is 19.5 Å². The van der Waals surface area contributed by atoms with E-state index in [4.69, 9.17) is 29.2 Å². The van der Waals surface area contributed by atoms with Crippen molar-refractivity contribution < 1.29 is 48.7 Å². The van der Waals surface area contributed by atoms with Gasteiger partial charge in [-0.25, -0.2) is 0 Å². The number of nitrogens with zero attached hydrogens (tertiary/aromatic N) is 1. The average Bonchev–Trinajstić information content (AvgIpc) is 3.61. The Kier molecular flexibility index (Phi) is 11.1. The number of aliphatic hydroxyl groups is 1. The van der Waals surface area contributed by atoms with Crippen molar-refractivity contribution in [2.24, 2.45) is 11.8 Å². The Morgan fingerprint density at radius 3 is 2.14 bits per heavy atom. The number of carbonyl (C=O) groups excluding carboxylic acids is 1. The van der Waals surface area contributed by atoms with Crippen LogP contribution in [0.4, 0.5) is 0 Å². The lowest BCUT2D eigenvalue weighted by Gasteiger charge is -2.23. The van der Waals surface area contributed by atoms with Gasteiger partial charge < -0.3 is 34.3 Å². The Labute approximate surface area is 267 Å². The van der Waals surface area contributed by atoms with Crippen molar-refractivity contribution in [3.63, 3.8) is 0 Å². The lowest BCUT2D eigenvalue weighted by Crippen LogP contribution is -2.33. The minimum absolute atomic E-state index is 0.0818. The highest BCUT2D eigenvalue weighted by Crippen LogP contribution is 2.44. The summed E-state index contributed by atoms with van der Waals surface area (Å²) in [5.41, 5.74) is 1.97. The molecule has 0 saturated heterocycles. The Balaban J connectivity index is 1.37. The van der Waals surface area contributed by atoms with Gasteiger partial charge in [-0.15, -0.1) is 11.3 Å². The number of carboxylic acid groups (broad SMARTS) is 2. The van der Waals surface area contributed by atoms with Crippen molar-refractivity contribution >= 4 is 55.1 Å². The normalized spacial score (nSPS) is 15.0. The second kappa shape index (κ2) is 14.6. The van der Waals surface area contributed by atoms with Gasteiger partial charge in [0.2, 0.25) is 0 Å². The van der Waals surface area contributed by atoms with E-state index in [0.29, 0.717) is 65.1 Å². The summed E-state index contributed by atoms with van der Waals surface area (Å²) in [5, 5.41) is 29.7. The molecule has 1 aliphatic rings. The fourth-order valence-corrected chi connectivity index (χ4v) is 6.70. The zero-order valence-electron chi connectivity index (χ0n) is 24.9. The number of aliphatic carboxylic acids is 2. The molecule has 1 aliphatic heterocycles. The molecule has 2 heterocycles. The number of carboxylic acids is 2. The van der Waals surface area contributed by atoms with Gasteiger partial charge in [-0.1, -0.05) is 13.8 Å². The van der Waals surface area contributed by atoms with Crippen molar-refractivity contribution in [2.45, 2.75) is 52.4 Å². The smallest absolute Gasteiger partial charge is 0.306 e. The molecular weight excluding hydrogens is 658 g/mol. The highest BCUT2D eigenvalue weighted by molar-refractivity contribution is 9.10. The first-order valence-corrected chi connectivity index (χ1v) is 15.7. The van der Waals surface area contributed by atoms with Gasteiger partial charge >= 0.3 is 11.9 Å². The third kappa shape index (κ3) is 7.63. The van der Waals surface area contributed by atoms with Gasteiger partial charge in [0.15, 0.2) is 28.8 Å². The summed E-state index contributed by atoms with van der Waals surface area (Å²) in [6.07, 6.45) is -0.290. The number of Topliss-reactive ketones (excluding diaryl/α,β-unsaturated/α-hetero) is 1. The molecule has 1 unspecified atom stereocenters. The topological polar surface area (TPSA) is 152 Å². The number of benzene rings is 2. The quantitative estimate of drug-likeness (QED) is 0.128. The van der Waals surface area contributed by atoms with Gasteiger partial charge in [-0.2, -0.15) is 0 Å². The molecule has 0 saturated carbocycles. The van der Waals surface area contributed by atoms with Gasteiger partial charge in [0.1, 0.15) is 6.23 Å². The van der Waals surface area contributed by atoms with Gasteiger partial charge in [0.25, 0.3) is 0 Å². The number of rotatable bonds is 16. The minimum atomic E-state index is -1.01. The number of hydrogen-bond acceptors (Lipinski definition) is 10. The number of methoxy groups -OCH3 is 2. The summed E-state index contributed by atoms with van der Waals surface area (Å²) in [4.78, 5) is 37.3. The van der Waals surface area contributed by atoms with Crippen LogP contribution in [0, 0.1) is 11.8 Å². The monoisotopic (exact) mass is 693 g/mol. The molecule has 0 amide bonds. The fourth-order valence-electron chi connectivity index (χ4n) is 4.88. The number of halogens is 1. The molecule has 3 aromatic rings. The van der Waals surface area contributed by atoms with Gasteiger partial charge in [-0.05, 0) is 51.7 Å². The van der Waals surface area contributed by atoms with E-state index in [1.165, 1.54) is 25.4 Å². The van der Waals surface area contributed by atoms with Crippen molar-refractivity contribution in [1.82, 2.24) is 4.90 Å². The molecule has 0 aliphatic carbocycles. The van der Waals surface area contributed by atoms with Crippen molar-refractivity contribution in [3.05, 3.63) is 44.7 Å². The highest BCUT2D eigenvalue weighted by atomic mass is 79.9. The lowest BCUT2D eigenvalue weighted by molar-refractivity contribution is -0.143. The standard InChI is InChI=1S/C31H36BrNO10S/c1-16(30(36)37)8-21(34)26-12-20-25(44-26)13-24(41-4)29(28(20)32)43-7-5-6-42-23-11-19-15-33(14-18(19)10-22(23)40-3)27(35)9-17(2)31(38)39/h10-13,16-17,27,35H,5-9,14-15H2,1-4H3,(H,36,37)(H,38,39)/t16-,17-,27?/m0/s1. The van der Waals surface area contributed by atoms with Crippen LogP contribution in [0.1, 0.15) is 53.9 Å². The average molecular weight is 695 g/mol. The number of ether oxygens (including phenoxy) is 4. The molecule has 11 nitrogen and oxygen atoms in total. The summed E-state index contributed by atoms with van der Waals surface area (Å²) < 4.78 is 24.6. The maximum Gasteiger partial charge on any atom is 0.306 e. The minimum Gasteiger partial charge on any atom is -0.493 e. The summed E-state index contributed by atoms with van der Waals surface area (Å²) >= 11 is 4.87. The first-order valence-electron chi connectivity index (χ1n) is 14.1. The van der Waals surface area contributed by atoms with E-state index >= 15 is 0 Å². The predicted molar refractivity (Wildman–Crippen MR) is 167 cm³/mol. The Morgan fingerprint density at radius 1 is 0.909 bits per heavy atom. The third-order valence-electron chi connectivity index (χ3n) is 7.52. The zero-order valence-corrected chi connectivity index (χ0v) is 27.3. The van der Waals surface area contributed by atoms with Crippen LogP contribution in [0.5, 0.6) is 23.0 Å². The van der Waals surface area contributed by atoms with E-state index < -0.39 is 30.0 Å². The van der Waals surface area contributed by atoms with Gasteiger partial charge in [0.05, 0.1) is 48.6 Å². The number of thiophene rings is 1. The van der Waals surface area contributed by atoms with Gasteiger partial charge in [-0.3, -0.25) is 19.3 Å². The third-order valence-corrected chi connectivity index (χ3v) is 9.43. The molecule has 0 bridgehead atoms. The predicted octanol–water partition coefficient (Wildman–Crippen LogP) is 5.57. The van der Waals surface area contributed by atoms with Crippen LogP contribution in [0.3, 0.4) is 0 Å². The van der Waals surface area contributed by atoms with Crippen LogP contribution in [0.25, 0.3) is 10.1 Å². The Bertz CT molecular complexity index is 1540. The van der Waals surface area contributed by atoms with Crippen molar-refractivity contribution in [1.29, 1.82) is 0 Å². The lowest BCUT2D eigenvalue weighted by atomic mass is 10.0. The van der Waals surface area contributed by atoms with Crippen LogP contribution in [0.15, 0.2) is 28.7 Å². The van der Waals surface area contributed by atoms with Crippen LogP contribution < -0.4 is 18.9 Å². The first kappa shape index (κ1) is 33.5. The molecule has 3 N–H and O–H groups in total. The SMILES string of the molecule is COc1cc2c(cc1OCCCOc1c(OC)cc3sc(C(=O)C[C@H](C)C(=O)O)cc3c1Br)CN(C(O)C[C@H](C)C(=O)O)C2. The maximum atomic E-state index is 12.7. The zero-order chi connectivity index (χ0) is 32.1. The summed E-state index contributed by atoms with van der Waals surface area (Å²) in [7, 11) is 3.09. The van der Waals surface area contributed by atoms with Crippen LogP contribution in [-0.4, -0.2) is 71.6 Å². The summed E-state index contributed by atoms with van der Waals surface area (Å²) in [6.45, 7) is 4.68. The van der Waals surface area contributed by atoms with Gasteiger partial charge in [0, 0.05) is 42.1 Å². The van der Waals surface area contributed by atoms with Crippen molar-refractivity contribution in [3.8, 4) is 23.0 Å². The van der Waals surface area contributed by atoms with E-state index in [1.54, 1.807) is 26.2 Å². The Morgan fingerprint density at radius 2 is 1.52 bits per heavy atom. The second-order valence-electron chi connectivity index (χ2n) is 10.8. The second-order valence-corrected chi connectivity index (χ2v) is 12.7. The summed E-state index contributed by atoms with van der Waals surface area (Å²) in [5.74, 6) is -1.50. The molecule has 0 radical (unpaired) electrons. The molecule has 44 heavy (non-hydrogen) atoms. The Hall–Kier alpha value is -3.39. The molecular formula is C31H36BrNO10S. The summed E-state index contributed by atoms with van der Waals surface area (Å²) in [6, 6.07) is 7.31. The van der Waals surface area contributed by atoms with E-state index in [-0.39, 0.29) is 18.6 Å². The first-order chi connectivity index (χ1) is 20.9. The maximum absolute atomic E-state index is 12.7. The molecule has 2 aromatic carbocycles. The number of hydrogen-bond donors (Lipinski definition) is 3. The molecule has 1 aromatic heterocycles. The number of ketones is 1. The highest BCUT2D eigenvalue weighted by Gasteiger charge is 2.29. The van der Waals surface area contributed by atoms with Crippen LogP contribution in [-0.2, 0) is 22.7 Å². The fraction of sp³-hybridized carbons (Fsp3) is 0.452. The molecule has 0 spiro atoms. The molecule has 238 valence electrons. The van der Waals surface area contributed by atoms with Crippen molar-refractivity contribution in [2.75, 3.05) is 27.4 Å². The van der Waals surface area contributed by atoms with Crippen LogP contribution >= 0.6 is 27.3 Å². The molecule has 0 fully saturated rings. The number of aliphatic hydroxyl groups excluding tert-OH is 1. The van der Waals surface area contributed by atoms with E-state index in [2.05, 4.69) is 15.9 Å². The largest absolute Gasteiger partial charge is 0.493 e. The van der Waals surface area contributed by atoms with Crippen LogP contribution in [0.2, 0.25) is 0 Å². The molecule has 13 heteroatoms. The van der Waals surface area contributed by atoms with E-state index in [0.717, 1.165) is 21.2 Å². The number of fused-ring (bicyclic) bond motifs is 2.